The van der Waals surface area contributed by atoms with Crippen LogP contribution in [0.2, 0.25) is 15.1 Å². The number of halogens is 3. The molecule has 21 heavy (non-hydrogen) atoms. The van der Waals surface area contributed by atoms with Crippen LogP contribution < -0.4 is 10.1 Å². The van der Waals surface area contributed by atoms with Gasteiger partial charge in [0.25, 0.3) is 5.91 Å². The lowest BCUT2D eigenvalue weighted by atomic mass is 10.1. The summed E-state index contributed by atoms with van der Waals surface area (Å²) in [4.78, 5) is 22.7. The summed E-state index contributed by atoms with van der Waals surface area (Å²) in [6.07, 6.45) is 0. The quantitative estimate of drug-likeness (QED) is 0.769. The second-order valence-corrected chi connectivity index (χ2v) is 5.83. The van der Waals surface area contributed by atoms with Crippen molar-refractivity contribution in [1.29, 1.82) is 0 Å². The first-order chi connectivity index (χ1) is 9.72. The van der Waals surface area contributed by atoms with E-state index >= 15 is 0 Å². The van der Waals surface area contributed by atoms with E-state index in [9.17, 15) is 9.59 Å². The Labute approximate surface area is 137 Å². The van der Waals surface area contributed by atoms with Gasteiger partial charge in [-0.15, -0.1) is 0 Å². The Hall–Kier alpha value is -1.17. The second kappa shape index (κ2) is 7.73. The van der Waals surface area contributed by atoms with Gasteiger partial charge < -0.3 is 15.2 Å². The number of aliphatic carboxylic acids is 1. The molecule has 1 aromatic carbocycles. The van der Waals surface area contributed by atoms with Crippen molar-refractivity contribution in [2.45, 2.75) is 19.9 Å². The summed E-state index contributed by atoms with van der Waals surface area (Å²) >= 11 is 17.5. The average Bonchev–Trinajstić information content (AvgIpc) is 2.37. The van der Waals surface area contributed by atoms with Gasteiger partial charge in [0.2, 0.25) is 0 Å². The SMILES string of the molecule is CC(C)[C@H](NC(=O)COc1cc(Cl)c(Cl)cc1Cl)C(=O)O. The Kier molecular flexibility index (Phi) is 6.58. The Morgan fingerprint density at radius 2 is 1.76 bits per heavy atom. The van der Waals surface area contributed by atoms with Crippen molar-refractivity contribution >= 4 is 46.7 Å². The number of benzene rings is 1. The highest BCUT2D eigenvalue weighted by molar-refractivity contribution is 6.43. The van der Waals surface area contributed by atoms with Gasteiger partial charge in [-0.3, -0.25) is 4.79 Å². The molecule has 0 aliphatic heterocycles. The minimum atomic E-state index is -1.11. The number of carbonyl (C=O) groups is 2. The number of ether oxygens (including phenoxy) is 1. The van der Waals surface area contributed by atoms with Gasteiger partial charge in [-0.25, -0.2) is 4.79 Å². The number of rotatable bonds is 6. The van der Waals surface area contributed by atoms with Gasteiger partial charge in [-0.1, -0.05) is 48.7 Å². The van der Waals surface area contributed by atoms with Crippen molar-refractivity contribution in [1.82, 2.24) is 5.32 Å². The minimum Gasteiger partial charge on any atom is -0.482 e. The highest BCUT2D eigenvalue weighted by atomic mass is 35.5. The van der Waals surface area contributed by atoms with Crippen molar-refractivity contribution in [2.75, 3.05) is 6.61 Å². The van der Waals surface area contributed by atoms with E-state index in [2.05, 4.69) is 5.32 Å². The Bertz CT molecular complexity index is 548. The zero-order valence-electron chi connectivity index (χ0n) is 11.3. The van der Waals surface area contributed by atoms with Crippen molar-refractivity contribution < 1.29 is 19.4 Å². The van der Waals surface area contributed by atoms with Gasteiger partial charge in [-0.05, 0) is 12.0 Å². The van der Waals surface area contributed by atoms with Crippen LogP contribution in [0.3, 0.4) is 0 Å². The third-order valence-electron chi connectivity index (χ3n) is 2.58. The molecule has 1 amide bonds. The summed E-state index contributed by atoms with van der Waals surface area (Å²) in [5, 5.41) is 12.1. The maximum atomic E-state index is 11.7. The maximum absolute atomic E-state index is 11.7. The van der Waals surface area contributed by atoms with Crippen LogP contribution in [-0.4, -0.2) is 29.6 Å². The predicted octanol–water partition coefficient (Wildman–Crippen LogP) is 3.25. The molecule has 0 unspecified atom stereocenters. The Morgan fingerprint density at radius 3 is 2.29 bits per heavy atom. The lowest BCUT2D eigenvalue weighted by Gasteiger charge is -2.18. The van der Waals surface area contributed by atoms with Gasteiger partial charge in [0, 0.05) is 6.07 Å². The number of hydrogen-bond donors (Lipinski definition) is 2. The van der Waals surface area contributed by atoms with Crippen LogP contribution in [-0.2, 0) is 9.59 Å². The number of hydrogen-bond acceptors (Lipinski definition) is 3. The molecule has 116 valence electrons. The van der Waals surface area contributed by atoms with E-state index in [0.717, 1.165) is 0 Å². The minimum absolute atomic E-state index is 0.192. The van der Waals surface area contributed by atoms with E-state index in [1.54, 1.807) is 13.8 Å². The van der Waals surface area contributed by atoms with Crippen LogP contribution in [0, 0.1) is 5.92 Å². The molecule has 8 heteroatoms. The standard InChI is InChI=1S/C13H14Cl3NO4/c1-6(2)12(13(19)20)17-11(18)5-21-10-4-8(15)7(14)3-9(10)16/h3-4,6,12H,5H2,1-2H3,(H,17,18)(H,19,20)/t12-/m0/s1. The molecular weight excluding hydrogens is 341 g/mol. The van der Waals surface area contributed by atoms with Gasteiger partial charge in [0.1, 0.15) is 11.8 Å². The number of carboxylic acids is 1. The van der Waals surface area contributed by atoms with E-state index in [0.29, 0.717) is 0 Å². The largest absolute Gasteiger partial charge is 0.482 e. The lowest BCUT2D eigenvalue weighted by Crippen LogP contribution is -2.46. The van der Waals surface area contributed by atoms with Crippen molar-refractivity contribution in [3.05, 3.63) is 27.2 Å². The van der Waals surface area contributed by atoms with Crippen LogP contribution in [0.25, 0.3) is 0 Å². The van der Waals surface area contributed by atoms with Crippen molar-refractivity contribution in [2.24, 2.45) is 5.92 Å². The third kappa shape index (κ3) is 5.26. The molecule has 0 bridgehead atoms. The summed E-state index contributed by atoms with van der Waals surface area (Å²) in [6, 6.07) is 1.80. The monoisotopic (exact) mass is 353 g/mol. The molecule has 0 aliphatic rings. The molecular formula is C13H14Cl3NO4. The maximum Gasteiger partial charge on any atom is 0.326 e. The highest BCUT2D eigenvalue weighted by Gasteiger charge is 2.23. The van der Waals surface area contributed by atoms with E-state index in [4.69, 9.17) is 44.6 Å². The van der Waals surface area contributed by atoms with Gasteiger partial charge in [0.05, 0.1) is 15.1 Å². The van der Waals surface area contributed by atoms with Gasteiger partial charge >= 0.3 is 5.97 Å². The molecule has 0 heterocycles. The smallest absolute Gasteiger partial charge is 0.326 e. The second-order valence-electron chi connectivity index (χ2n) is 4.61. The van der Waals surface area contributed by atoms with Crippen LogP contribution in [0.5, 0.6) is 5.75 Å². The van der Waals surface area contributed by atoms with Crippen LogP contribution in [0.4, 0.5) is 0 Å². The zero-order valence-corrected chi connectivity index (χ0v) is 13.6. The van der Waals surface area contributed by atoms with Gasteiger partial charge in [0.15, 0.2) is 6.61 Å². The van der Waals surface area contributed by atoms with E-state index < -0.39 is 17.9 Å². The first-order valence-corrected chi connectivity index (χ1v) is 7.15. The molecule has 1 aromatic rings. The molecule has 1 rings (SSSR count). The molecule has 0 aliphatic carbocycles. The van der Waals surface area contributed by atoms with Crippen LogP contribution >= 0.6 is 34.8 Å². The molecule has 0 fully saturated rings. The fourth-order valence-corrected chi connectivity index (χ4v) is 2.08. The molecule has 5 nitrogen and oxygen atoms in total. The molecule has 2 N–H and O–H groups in total. The summed E-state index contributed by atoms with van der Waals surface area (Å²) < 4.78 is 5.21. The summed E-state index contributed by atoms with van der Waals surface area (Å²) in [5.74, 6) is -1.73. The van der Waals surface area contributed by atoms with Gasteiger partial charge in [-0.2, -0.15) is 0 Å². The molecule has 1 atom stereocenters. The molecule has 0 radical (unpaired) electrons. The first-order valence-electron chi connectivity index (χ1n) is 6.02. The Morgan fingerprint density at radius 1 is 1.19 bits per heavy atom. The number of carboxylic acid groups (broad SMARTS) is 1. The normalized spacial score (nSPS) is 12.1. The van der Waals surface area contributed by atoms with Crippen molar-refractivity contribution in [3.8, 4) is 5.75 Å². The summed E-state index contributed by atoms with van der Waals surface area (Å²) in [7, 11) is 0. The number of carbonyl (C=O) groups excluding carboxylic acids is 1. The van der Waals surface area contributed by atoms with Crippen LogP contribution in [0.15, 0.2) is 12.1 Å². The van der Waals surface area contributed by atoms with E-state index in [-0.39, 0.29) is 33.3 Å². The zero-order chi connectivity index (χ0) is 16.2. The first kappa shape index (κ1) is 17.9. The fourth-order valence-electron chi connectivity index (χ4n) is 1.49. The molecule has 0 spiro atoms. The predicted molar refractivity (Wildman–Crippen MR) is 81.4 cm³/mol. The topological polar surface area (TPSA) is 75.6 Å². The third-order valence-corrected chi connectivity index (χ3v) is 3.60. The lowest BCUT2D eigenvalue weighted by molar-refractivity contribution is -0.143. The Balaban J connectivity index is 2.65. The number of nitrogens with one attached hydrogen (secondary N) is 1. The molecule has 0 saturated carbocycles. The van der Waals surface area contributed by atoms with Crippen LogP contribution in [0.1, 0.15) is 13.8 Å². The summed E-state index contributed by atoms with van der Waals surface area (Å²) in [5.41, 5.74) is 0. The average molecular weight is 355 g/mol. The molecule has 0 aromatic heterocycles. The fraction of sp³-hybridized carbons (Fsp3) is 0.385. The molecule has 0 saturated heterocycles. The number of amides is 1. The van der Waals surface area contributed by atoms with Crippen molar-refractivity contribution in [3.63, 3.8) is 0 Å². The summed E-state index contributed by atoms with van der Waals surface area (Å²) in [6.45, 7) is 3.00. The van der Waals surface area contributed by atoms with E-state index in [1.807, 2.05) is 0 Å². The van der Waals surface area contributed by atoms with E-state index in [1.165, 1.54) is 12.1 Å². The highest BCUT2D eigenvalue weighted by Crippen LogP contribution is 2.33.